The summed E-state index contributed by atoms with van der Waals surface area (Å²) in [6, 6.07) is 0. The van der Waals surface area contributed by atoms with E-state index in [9.17, 15) is 0 Å². The van der Waals surface area contributed by atoms with Crippen LogP contribution in [0.3, 0.4) is 0 Å². The normalized spacial score (nSPS) is 15.0. The van der Waals surface area contributed by atoms with Crippen LogP contribution < -0.4 is 5.32 Å². The summed E-state index contributed by atoms with van der Waals surface area (Å²) in [4.78, 5) is 0. The van der Waals surface area contributed by atoms with E-state index >= 15 is 0 Å². The van der Waals surface area contributed by atoms with Crippen molar-refractivity contribution in [1.29, 1.82) is 0 Å². The lowest BCUT2D eigenvalue weighted by Crippen LogP contribution is -2.31. The zero-order valence-electron chi connectivity index (χ0n) is 11.4. The number of ether oxygens (including phenoxy) is 2. The maximum Gasteiger partial charge on any atom is 0.0784 e. The van der Waals surface area contributed by atoms with Crippen molar-refractivity contribution in [3.63, 3.8) is 0 Å². The van der Waals surface area contributed by atoms with Crippen LogP contribution in [0.2, 0.25) is 0 Å². The lowest BCUT2D eigenvalue weighted by atomic mass is 10.2. The smallest absolute Gasteiger partial charge is 0.0784 e. The standard InChI is InChI=1S/C13H29NO2/c1-5-7-8-9-14-10-12(3)16-13(4)11-15-6-2/h12-14H,5-11H2,1-4H3. The molecule has 0 bridgehead atoms. The van der Waals surface area contributed by atoms with Gasteiger partial charge in [-0.1, -0.05) is 19.8 Å². The molecule has 0 aliphatic rings. The first kappa shape index (κ1) is 15.9. The fourth-order valence-corrected chi connectivity index (χ4v) is 1.57. The van der Waals surface area contributed by atoms with Crippen LogP contribution in [0.25, 0.3) is 0 Å². The third-order valence-corrected chi connectivity index (χ3v) is 2.41. The summed E-state index contributed by atoms with van der Waals surface area (Å²) in [5, 5.41) is 3.42. The maximum atomic E-state index is 5.77. The Kier molecular flexibility index (Phi) is 11.3. The predicted molar refractivity (Wildman–Crippen MR) is 68.9 cm³/mol. The number of hydrogen-bond acceptors (Lipinski definition) is 3. The molecule has 0 radical (unpaired) electrons. The summed E-state index contributed by atoms with van der Waals surface area (Å²) in [6.45, 7) is 11.9. The molecule has 3 heteroatoms. The van der Waals surface area contributed by atoms with Crippen LogP contribution in [0.5, 0.6) is 0 Å². The summed E-state index contributed by atoms with van der Waals surface area (Å²) in [6.07, 6.45) is 4.30. The van der Waals surface area contributed by atoms with Gasteiger partial charge in [-0.15, -0.1) is 0 Å². The van der Waals surface area contributed by atoms with Crippen molar-refractivity contribution in [2.24, 2.45) is 0 Å². The van der Waals surface area contributed by atoms with Crippen molar-refractivity contribution >= 4 is 0 Å². The topological polar surface area (TPSA) is 30.5 Å². The number of hydrogen-bond donors (Lipinski definition) is 1. The molecule has 1 N–H and O–H groups in total. The molecule has 2 unspecified atom stereocenters. The first-order chi connectivity index (χ1) is 7.70. The SMILES string of the molecule is CCCCCNCC(C)OC(C)COCC. The molecule has 0 spiro atoms. The molecule has 0 amide bonds. The maximum absolute atomic E-state index is 5.77. The van der Waals surface area contributed by atoms with Gasteiger partial charge in [0.25, 0.3) is 0 Å². The van der Waals surface area contributed by atoms with E-state index in [-0.39, 0.29) is 12.2 Å². The zero-order valence-corrected chi connectivity index (χ0v) is 11.4. The molecule has 0 aliphatic heterocycles. The average Bonchev–Trinajstić information content (AvgIpc) is 2.26. The second-order valence-corrected chi connectivity index (χ2v) is 4.33. The Bertz CT molecular complexity index is 142. The third kappa shape index (κ3) is 10.4. The highest BCUT2D eigenvalue weighted by Crippen LogP contribution is 1.98. The van der Waals surface area contributed by atoms with Gasteiger partial charge >= 0.3 is 0 Å². The van der Waals surface area contributed by atoms with Crippen LogP contribution in [-0.2, 0) is 9.47 Å². The largest absolute Gasteiger partial charge is 0.379 e. The molecule has 0 aromatic rings. The summed E-state index contributed by atoms with van der Waals surface area (Å²) in [5.41, 5.74) is 0. The van der Waals surface area contributed by atoms with Gasteiger partial charge in [-0.2, -0.15) is 0 Å². The Morgan fingerprint density at radius 2 is 1.81 bits per heavy atom. The number of rotatable bonds is 11. The molecule has 16 heavy (non-hydrogen) atoms. The van der Waals surface area contributed by atoms with Gasteiger partial charge in [0.2, 0.25) is 0 Å². The fraction of sp³-hybridized carbons (Fsp3) is 1.00. The monoisotopic (exact) mass is 231 g/mol. The second kappa shape index (κ2) is 11.4. The molecule has 0 heterocycles. The molecule has 2 atom stereocenters. The van der Waals surface area contributed by atoms with Gasteiger partial charge < -0.3 is 14.8 Å². The lowest BCUT2D eigenvalue weighted by Gasteiger charge is -2.19. The highest BCUT2D eigenvalue weighted by molar-refractivity contribution is 4.58. The molecule has 3 nitrogen and oxygen atoms in total. The molecule has 0 aliphatic carbocycles. The molecule has 0 rings (SSSR count). The molecule has 0 aromatic heterocycles. The first-order valence-corrected chi connectivity index (χ1v) is 6.64. The van der Waals surface area contributed by atoms with Crippen LogP contribution in [0.15, 0.2) is 0 Å². The quantitative estimate of drug-likeness (QED) is 0.554. The third-order valence-electron chi connectivity index (χ3n) is 2.41. The van der Waals surface area contributed by atoms with Gasteiger partial charge in [0.1, 0.15) is 0 Å². The van der Waals surface area contributed by atoms with E-state index in [1.807, 2.05) is 6.92 Å². The van der Waals surface area contributed by atoms with Gasteiger partial charge in [-0.3, -0.25) is 0 Å². The van der Waals surface area contributed by atoms with Gasteiger partial charge in [-0.05, 0) is 33.7 Å². The van der Waals surface area contributed by atoms with E-state index < -0.39 is 0 Å². The fourth-order valence-electron chi connectivity index (χ4n) is 1.57. The van der Waals surface area contributed by atoms with Gasteiger partial charge in [0.05, 0.1) is 18.8 Å². The van der Waals surface area contributed by atoms with Crippen LogP contribution in [0, 0.1) is 0 Å². The zero-order chi connectivity index (χ0) is 12.2. The Hall–Kier alpha value is -0.120. The molecule has 0 saturated heterocycles. The summed E-state index contributed by atoms with van der Waals surface area (Å²) < 4.78 is 11.1. The molecular formula is C13H29NO2. The van der Waals surface area contributed by atoms with Crippen LogP contribution in [0.1, 0.15) is 47.0 Å². The summed E-state index contributed by atoms with van der Waals surface area (Å²) in [5.74, 6) is 0. The molecular weight excluding hydrogens is 202 g/mol. The van der Waals surface area contributed by atoms with Gasteiger partial charge in [0, 0.05) is 13.2 Å². The molecule has 0 aromatic carbocycles. The minimum Gasteiger partial charge on any atom is -0.379 e. The molecule has 98 valence electrons. The highest BCUT2D eigenvalue weighted by Gasteiger charge is 2.07. The summed E-state index contributed by atoms with van der Waals surface area (Å²) >= 11 is 0. The number of nitrogens with one attached hydrogen (secondary N) is 1. The van der Waals surface area contributed by atoms with Crippen molar-refractivity contribution in [3.05, 3.63) is 0 Å². The van der Waals surface area contributed by atoms with Gasteiger partial charge in [0.15, 0.2) is 0 Å². The van der Waals surface area contributed by atoms with E-state index in [1.165, 1.54) is 19.3 Å². The van der Waals surface area contributed by atoms with E-state index in [0.29, 0.717) is 6.61 Å². The van der Waals surface area contributed by atoms with E-state index in [0.717, 1.165) is 19.7 Å². The Morgan fingerprint density at radius 3 is 2.44 bits per heavy atom. The lowest BCUT2D eigenvalue weighted by molar-refractivity contribution is -0.0383. The first-order valence-electron chi connectivity index (χ1n) is 6.64. The van der Waals surface area contributed by atoms with Crippen molar-refractivity contribution in [2.75, 3.05) is 26.3 Å². The molecule has 0 saturated carbocycles. The summed E-state index contributed by atoms with van der Waals surface area (Å²) in [7, 11) is 0. The number of unbranched alkanes of at least 4 members (excludes halogenated alkanes) is 2. The average molecular weight is 231 g/mol. The predicted octanol–water partition coefficient (Wildman–Crippen LogP) is 2.60. The van der Waals surface area contributed by atoms with E-state index in [2.05, 4.69) is 26.1 Å². The van der Waals surface area contributed by atoms with Crippen molar-refractivity contribution in [3.8, 4) is 0 Å². The van der Waals surface area contributed by atoms with Gasteiger partial charge in [-0.25, -0.2) is 0 Å². The Labute approximate surface area is 101 Å². The van der Waals surface area contributed by atoms with Crippen LogP contribution in [0.4, 0.5) is 0 Å². The van der Waals surface area contributed by atoms with Crippen molar-refractivity contribution in [1.82, 2.24) is 5.32 Å². The Morgan fingerprint density at radius 1 is 1.06 bits per heavy atom. The van der Waals surface area contributed by atoms with Crippen LogP contribution >= 0.6 is 0 Å². The van der Waals surface area contributed by atoms with E-state index in [4.69, 9.17) is 9.47 Å². The molecule has 0 fully saturated rings. The second-order valence-electron chi connectivity index (χ2n) is 4.33. The van der Waals surface area contributed by atoms with E-state index in [1.54, 1.807) is 0 Å². The highest BCUT2D eigenvalue weighted by atomic mass is 16.5. The van der Waals surface area contributed by atoms with Crippen molar-refractivity contribution in [2.45, 2.75) is 59.2 Å². The minimum atomic E-state index is 0.187. The Balaban J connectivity index is 3.32. The van der Waals surface area contributed by atoms with Crippen molar-refractivity contribution < 1.29 is 9.47 Å². The van der Waals surface area contributed by atoms with Crippen LogP contribution in [-0.4, -0.2) is 38.5 Å². The minimum absolute atomic E-state index is 0.187.